The second-order valence-electron chi connectivity index (χ2n) is 5.79. The first-order chi connectivity index (χ1) is 12.5. The molecule has 1 unspecified atom stereocenters. The molecule has 2 aromatic rings. The fourth-order valence-electron chi connectivity index (χ4n) is 2.50. The predicted molar refractivity (Wildman–Crippen MR) is 99.8 cm³/mol. The molecule has 6 nitrogen and oxygen atoms in total. The molecule has 0 aliphatic carbocycles. The second kappa shape index (κ2) is 9.36. The Balaban J connectivity index is 1.85. The third-order valence-corrected chi connectivity index (χ3v) is 3.73. The largest absolute Gasteiger partial charge is 0.455 e. The molecule has 0 saturated carbocycles. The molecular weight excluding hydrogens is 332 g/mol. The SMILES string of the molecule is CCC(C(=O)OCC(=O)Nc1ccc(NC(C)=O)cc1)c1ccccc1. The minimum absolute atomic E-state index is 0.169. The standard InChI is InChI=1S/C20H22N2O4/c1-3-18(15-7-5-4-6-8-15)20(25)26-13-19(24)22-17-11-9-16(10-12-17)21-14(2)23/h4-12,18H,3,13H2,1-2H3,(H,21,23)(H,22,24). The van der Waals surface area contributed by atoms with Crippen LogP contribution in [0.15, 0.2) is 54.6 Å². The van der Waals surface area contributed by atoms with E-state index in [1.807, 2.05) is 37.3 Å². The number of amides is 2. The fraction of sp³-hybridized carbons (Fsp3) is 0.250. The third kappa shape index (κ3) is 5.73. The Hall–Kier alpha value is -3.15. The van der Waals surface area contributed by atoms with Crippen LogP contribution in [0.1, 0.15) is 31.7 Å². The van der Waals surface area contributed by atoms with Crippen LogP contribution >= 0.6 is 0 Å². The molecule has 0 aromatic heterocycles. The number of hydrogen-bond acceptors (Lipinski definition) is 4. The quantitative estimate of drug-likeness (QED) is 0.747. The van der Waals surface area contributed by atoms with Gasteiger partial charge in [0, 0.05) is 18.3 Å². The molecule has 2 rings (SSSR count). The zero-order valence-electron chi connectivity index (χ0n) is 14.8. The summed E-state index contributed by atoms with van der Waals surface area (Å²) in [7, 11) is 0. The Morgan fingerprint density at radius 2 is 1.50 bits per heavy atom. The average molecular weight is 354 g/mol. The zero-order chi connectivity index (χ0) is 18.9. The molecule has 0 fully saturated rings. The van der Waals surface area contributed by atoms with Crippen molar-refractivity contribution in [3.8, 4) is 0 Å². The minimum Gasteiger partial charge on any atom is -0.455 e. The van der Waals surface area contributed by atoms with Crippen molar-refractivity contribution in [3.63, 3.8) is 0 Å². The van der Waals surface area contributed by atoms with Gasteiger partial charge in [-0.1, -0.05) is 37.3 Å². The summed E-state index contributed by atoms with van der Waals surface area (Å²) >= 11 is 0. The lowest BCUT2D eigenvalue weighted by molar-refractivity contribution is -0.149. The Kier molecular flexibility index (Phi) is 6.91. The summed E-state index contributed by atoms with van der Waals surface area (Å²) in [5.41, 5.74) is 2.06. The first-order valence-corrected chi connectivity index (χ1v) is 8.38. The molecule has 0 saturated heterocycles. The molecule has 2 N–H and O–H groups in total. The van der Waals surface area contributed by atoms with Crippen LogP contribution in [0.3, 0.4) is 0 Å². The van der Waals surface area contributed by atoms with Gasteiger partial charge in [0.1, 0.15) is 0 Å². The van der Waals surface area contributed by atoms with Gasteiger partial charge in [-0.2, -0.15) is 0 Å². The van der Waals surface area contributed by atoms with Crippen LogP contribution in [0.5, 0.6) is 0 Å². The number of carbonyl (C=O) groups is 3. The number of ether oxygens (including phenoxy) is 1. The van der Waals surface area contributed by atoms with E-state index in [2.05, 4.69) is 10.6 Å². The lowest BCUT2D eigenvalue weighted by Crippen LogP contribution is -2.23. The van der Waals surface area contributed by atoms with Crippen molar-refractivity contribution in [2.75, 3.05) is 17.2 Å². The number of nitrogens with one attached hydrogen (secondary N) is 2. The molecule has 26 heavy (non-hydrogen) atoms. The van der Waals surface area contributed by atoms with Gasteiger partial charge in [-0.3, -0.25) is 14.4 Å². The van der Waals surface area contributed by atoms with Crippen molar-refractivity contribution in [2.24, 2.45) is 0 Å². The molecular formula is C20H22N2O4. The van der Waals surface area contributed by atoms with Gasteiger partial charge >= 0.3 is 5.97 Å². The van der Waals surface area contributed by atoms with Crippen LogP contribution < -0.4 is 10.6 Å². The van der Waals surface area contributed by atoms with E-state index < -0.39 is 11.9 Å². The molecule has 0 heterocycles. The number of benzene rings is 2. The number of hydrogen-bond donors (Lipinski definition) is 2. The topological polar surface area (TPSA) is 84.5 Å². The summed E-state index contributed by atoms with van der Waals surface area (Å²) in [6, 6.07) is 16.0. The van der Waals surface area contributed by atoms with E-state index in [9.17, 15) is 14.4 Å². The maximum Gasteiger partial charge on any atom is 0.313 e. The second-order valence-corrected chi connectivity index (χ2v) is 5.79. The van der Waals surface area contributed by atoms with Gasteiger partial charge in [-0.05, 0) is 36.2 Å². The van der Waals surface area contributed by atoms with Crippen LogP contribution in [0.25, 0.3) is 0 Å². The van der Waals surface area contributed by atoms with Crippen LogP contribution in [0.4, 0.5) is 11.4 Å². The van der Waals surface area contributed by atoms with Crippen LogP contribution in [0.2, 0.25) is 0 Å². The molecule has 2 aromatic carbocycles. The lowest BCUT2D eigenvalue weighted by Gasteiger charge is -2.14. The van der Waals surface area contributed by atoms with Crippen molar-refractivity contribution >= 4 is 29.2 Å². The van der Waals surface area contributed by atoms with E-state index in [0.717, 1.165) is 5.56 Å². The first kappa shape index (κ1) is 19.2. The number of esters is 1. The van der Waals surface area contributed by atoms with E-state index in [1.165, 1.54) is 6.92 Å². The molecule has 2 amide bonds. The third-order valence-electron chi connectivity index (χ3n) is 3.73. The Bertz CT molecular complexity index is 757. The lowest BCUT2D eigenvalue weighted by atomic mass is 9.97. The normalized spacial score (nSPS) is 11.3. The van der Waals surface area contributed by atoms with Gasteiger partial charge in [0.25, 0.3) is 5.91 Å². The fourth-order valence-corrected chi connectivity index (χ4v) is 2.50. The van der Waals surface area contributed by atoms with Gasteiger partial charge in [-0.25, -0.2) is 0 Å². The van der Waals surface area contributed by atoms with E-state index in [-0.39, 0.29) is 18.4 Å². The van der Waals surface area contributed by atoms with Gasteiger partial charge < -0.3 is 15.4 Å². The molecule has 136 valence electrons. The highest BCUT2D eigenvalue weighted by molar-refractivity contribution is 5.94. The first-order valence-electron chi connectivity index (χ1n) is 8.38. The van der Waals surface area contributed by atoms with E-state index in [1.54, 1.807) is 24.3 Å². The van der Waals surface area contributed by atoms with Crippen molar-refractivity contribution in [1.29, 1.82) is 0 Å². The predicted octanol–water partition coefficient (Wildman–Crippen LogP) is 3.32. The maximum atomic E-state index is 12.2. The molecule has 6 heteroatoms. The zero-order valence-corrected chi connectivity index (χ0v) is 14.8. The van der Waals surface area contributed by atoms with Crippen molar-refractivity contribution in [3.05, 3.63) is 60.2 Å². The Morgan fingerprint density at radius 1 is 0.923 bits per heavy atom. The van der Waals surface area contributed by atoms with Crippen LogP contribution in [-0.2, 0) is 19.1 Å². The average Bonchev–Trinajstić information content (AvgIpc) is 2.63. The molecule has 0 radical (unpaired) electrons. The van der Waals surface area contributed by atoms with E-state index >= 15 is 0 Å². The number of rotatable bonds is 7. The highest BCUT2D eigenvalue weighted by atomic mass is 16.5. The Labute approximate surface area is 152 Å². The smallest absolute Gasteiger partial charge is 0.313 e. The summed E-state index contributed by atoms with van der Waals surface area (Å²) in [5, 5.41) is 5.28. The summed E-state index contributed by atoms with van der Waals surface area (Å²) in [5.74, 6) is -1.40. The summed E-state index contributed by atoms with van der Waals surface area (Å²) in [6.07, 6.45) is 0.592. The molecule has 0 aliphatic rings. The molecule has 1 atom stereocenters. The monoisotopic (exact) mass is 354 g/mol. The van der Waals surface area contributed by atoms with E-state index in [0.29, 0.717) is 17.8 Å². The summed E-state index contributed by atoms with van der Waals surface area (Å²) in [6.45, 7) is 2.97. The van der Waals surface area contributed by atoms with Gasteiger partial charge in [0.2, 0.25) is 5.91 Å². The highest BCUT2D eigenvalue weighted by Crippen LogP contribution is 2.20. The van der Waals surface area contributed by atoms with E-state index in [4.69, 9.17) is 4.74 Å². The molecule has 0 aliphatic heterocycles. The van der Waals surface area contributed by atoms with Crippen molar-refractivity contribution < 1.29 is 19.1 Å². The Morgan fingerprint density at radius 3 is 2.04 bits per heavy atom. The molecule has 0 bridgehead atoms. The van der Waals surface area contributed by atoms with Gasteiger partial charge in [0.15, 0.2) is 6.61 Å². The number of anilines is 2. The summed E-state index contributed by atoms with van der Waals surface area (Å²) in [4.78, 5) is 35.2. The number of carbonyl (C=O) groups excluding carboxylic acids is 3. The maximum absolute atomic E-state index is 12.2. The highest BCUT2D eigenvalue weighted by Gasteiger charge is 2.20. The van der Waals surface area contributed by atoms with Gasteiger partial charge in [0.05, 0.1) is 5.92 Å². The van der Waals surface area contributed by atoms with Gasteiger partial charge in [-0.15, -0.1) is 0 Å². The van der Waals surface area contributed by atoms with Crippen LogP contribution in [0, 0.1) is 0 Å². The van der Waals surface area contributed by atoms with Crippen molar-refractivity contribution in [1.82, 2.24) is 0 Å². The minimum atomic E-state index is -0.423. The molecule has 0 spiro atoms. The van der Waals surface area contributed by atoms with Crippen molar-refractivity contribution in [2.45, 2.75) is 26.2 Å². The summed E-state index contributed by atoms with van der Waals surface area (Å²) < 4.78 is 5.15. The van der Waals surface area contributed by atoms with Crippen LogP contribution in [-0.4, -0.2) is 24.4 Å².